The van der Waals surface area contributed by atoms with E-state index in [1.54, 1.807) is 13.1 Å². The highest BCUT2D eigenvalue weighted by Gasteiger charge is 2.30. The molecule has 0 unspecified atom stereocenters. The molecule has 0 N–H and O–H groups in total. The van der Waals surface area contributed by atoms with Crippen LogP contribution in [0.5, 0.6) is 0 Å². The lowest BCUT2D eigenvalue weighted by Crippen LogP contribution is -2.47. The molecule has 0 saturated carbocycles. The maximum absolute atomic E-state index is 13.0. The van der Waals surface area contributed by atoms with Crippen molar-refractivity contribution in [1.82, 2.24) is 9.21 Å². The molecule has 0 atom stereocenters. The Balaban J connectivity index is 1.91. The largest absolute Gasteiger partial charge is 0.311 e. The van der Waals surface area contributed by atoms with E-state index in [1.165, 1.54) is 21.3 Å². The summed E-state index contributed by atoms with van der Waals surface area (Å²) in [5.41, 5.74) is 0.999. The van der Waals surface area contributed by atoms with E-state index in [0.29, 0.717) is 26.2 Å². The van der Waals surface area contributed by atoms with Gasteiger partial charge in [0.25, 0.3) is 5.91 Å². The number of benzene rings is 2. The molecule has 8 heteroatoms. The normalized spacial score (nSPS) is 16.3. The summed E-state index contributed by atoms with van der Waals surface area (Å²) in [6.07, 6.45) is 0. The number of piperazine rings is 1. The van der Waals surface area contributed by atoms with Crippen LogP contribution in [0.4, 0.5) is 5.69 Å². The second kappa shape index (κ2) is 7.98. The van der Waals surface area contributed by atoms with Gasteiger partial charge >= 0.3 is 0 Å². The van der Waals surface area contributed by atoms with Crippen molar-refractivity contribution in [1.29, 1.82) is 0 Å². The molecule has 0 bridgehead atoms. The number of anilines is 1. The van der Waals surface area contributed by atoms with Crippen molar-refractivity contribution in [2.75, 3.05) is 45.2 Å². The Hall–Kier alpha value is -1.93. The van der Waals surface area contributed by atoms with Crippen LogP contribution in [0, 0.1) is 0 Å². The molecule has 0 aliphatic carbocycles. The van der Waals surface area contributed by atoms with Gasteiger partial charge in [-0.3, -0.25) is 4.79 Å². The first-order valence-electron chi connectivity index (χ1n) is 8.62. The van der Waals surface area contributed by atoms with E-state index in [4.69, 9.17) is 11.6 Å². The summed E-state index contributed by atoms with van der Waals surface area (Å²) >= 11 is 6.19. The second-order valence-corrected chi connectivity index (χ2v) is 8.87. The van der Waals surface area contributed by atoms with Crippen molar-refractivity contribution in [3.63, 3.8) is 0 Å². The lowest BCUT2D eigenvalue weighted by atomic mass is 10.2. The van der Waals surface area contributed by atoms with Crippen LogP contribution in [0.2, 0.25) is 5.02 Å². The number of rotatable bonds is 4. The molecular formula is C19H22ClN3O3S. The van der Waals surface area contributed by atoms with Crippen LogP contribution in [-0.4, -0.2) is 63.8 Å². The lowest BCUT2D eigenvalue weighted by molar-refractivity contribution is 0.0993. The van der Waals surface area contributed by atoms with Gasteiger partial charge in [0.2, 0.25) is 10.0 Å². The smallest absolute Gasteiger partial charge is 0.258 e. The molecule has 27 heavy (non-hydrogen) atoms. The van der Waals surface area contributed by atoms with Gasteiger partial charge in [-0.15, -0.1) is 0 Å². The maximum Gasteiger partial charge on any atom is 0.258 e. The highest BCUT2D eigenvalue weighted by Crippen LogP contribution is 2.27. The number of carbonyl (C=O) groups is 1. The van der Waals surface area contributed by atoms with E-state index >= 15 is 0 Å². The van der Waals surface area contributed by atoms with E-state index in [-0.39, 0.29) is 21.4 Å². The Morgan fingerprint density at radius 3 is 2.30 bits per heavy atom. The van der Waals surface area contributed by atoms with Crippen LogP contribution in [0.25, 0.3) is 0 Å². The quantitative estimate of drug-likeness (QED) is 0.781. The number of likely N-dealkylation sites (N-methyl/N-ethyl adjacent to an activating group) is 1. The van der Waals surface area contributed by atoms with E-state index in [2.05, 4.69) is 4.90 Å². The van der Waals surface area contributed by atoms with E-state index in [1.807, 2.05) is 37.4 Å². The first kappa shape index (κ1) is 19.8. The number of hydrogen-bond donors (Lipinski definition) is 0. The molecule has 1 aliphatic rings. The maximum atomic E-state index is 13.0. The number of carbonyl (C=O) groups excluding carboxylic acids is 1. The fourth-order valence-electron chi connectivity index (χ4n) is 2.96. The fourth-order valence-corrected chi connectivity index (χ4v) is 4.89. The molecule has 1 saturated heterocycles. The summed E-state index contributed by atoms with van der Waals surface area (Å²) in [6, 6.07) is 13.6. The molecule has 0 aromatic heterocycles. The Morgan fingerprint density at radius 1 is 1.04 bits per heavy atom. The van der Waals surface area contributed by atoms with Gasteiger partial charge < -0.3 is 9.80 Å². The molecule has 1 heterocycles. The van der Waals surface area contributed by atoms with Gasteiger partial charge in [-0.1, -0.05) is 29.8 Å². The first-order valence-corrected chi connectivity index (χ1v) is 10.4. The predicted octanol–water partition coefficient (Wildman–Crippen LogP) is 2.55. The van der Waals surface area contributed by atoms with Gasteiger partial charge in [-0.05, 0) is 37.4 Å². The summed E-state index contributed by atoms with van der Waals surface area (Å²) in [4.78, 5) is 16.3. The molecule has 144 valence electrons. The highest BCUT2D eigenvalue weighted by molar-refractivity contribution is 7.89. The van der Waals surface area contributed by atoms with Crippen LogP contribution < -0.4 is 4.90 Å². The molecule has 1 aliphatic heterocycles. The highest BCUT2D eigenvalue weighted by atomic mass is 35.5. The molecule has 0 spiro atoms. The SMILES string of the molecule is CN1CCN(S(=O)(=O)c2cc(C(=O)N(C)c3ccccc3)ccc2Cl)CC1. The summed E-state index contributed by atoms with van der Waals surface area (Å²) in [6.45, 7) is 2.12. The molecular weight excluding hydrogens is 386 g/mol. The van der Waals surface area contributed by atoms with Gasteiger partial charge in [0, 0.05) is 44.5 Å². The molecule has 2 aromatic rings. The van der Waals surface area contributed by atoms with Crippen molar-refractivity contribution in [2.24, 2.45) is 0 Å². The number of halogens is 1. The molecule has 1 fully saturated rings. The zero-order valence-corrected chi connectivity index (χ0v) is 16.9. The van der Waals surface area contributed by atoms with Crippen LogP contribution in [-0.2, 0) is 10.0 Å². The molecule has 6 nitrogen and oxygen atoms in total. The van der Waals surface area contributed by atoms with Crippen LogP contribution in [0.1, 0.15) is 10.4 Å². The van der Waals surface area contributed by atoms with Crippen molar-refractivity contribution < 1.29 is 13.2 Å². The van der Waals surface area contributed by atoms with Crippen molar-refractivity contribution in [3.8, 4) is 0 Å². The standard InChI is InChI=1S/C19H22ClN3O3S/c1-21-10-12-23(13-11-21)27(25,26)18-14-15(8-9-17(18)20)19(24)22(2)16-6-4-3-5-7-16/h3-9,14H,10-13H2,1-2H3. The third-order valence-corrected chi connectivity index (χ3v) is 7.09. The third-order valence-electron chi connectivity index (χ3n) is 4.71. The average molecular weight is 408 g/mol. The van der Waals surface area contributed by atoms with Crippen molar-refractivity contribution >= 4 is 33.2 Å². The van der Waals surface area contributed by atoms with Crippen LogP contribution in [0.3, 0.4) is 0 Å². The molecule has 0 radical (unpaired) electrons. The van der Waals surface area contributed by atoms with Gasteiger partial charge in [-0.25, -0.2) is 8.42 Å². The number of para-hydroxylation sites is 1. The Kier molecular flexibility index (Phi) is 5.86. The molecule has 3 rings (SSSR count). The molecule has 1 amide bonds. The fraction of sp³-hybridized carbons (Fsp3) is 0.316. The number of amides is 1. The third kappa shape index (κ3) is 4.16. The van der Waals surface area contributed by atoms with E-state index in [0.717, 1.165) is 5.69 Å². The van der Waals surface area contributed by atoms with Crippen molar-refractivity contribution in [2.45, 2.75) is 4.90 Å². The van der Waals surface area contributed by atoms with Gasteiger partial charge in [0.15, 0.2) is 0 Å². The topological polar surface area (TPSA) is 60.9 Å². The summed E-state index contributed by atoms with van der Waals surface area (Å²) in [5, 5.41) is 0.118. The summed E-state index contributed by atoms with van der Waals surface area (Å²) in [5.74, 6) is -0.298. The number of nitrogens with zero attached hydrogens (tertiary/aromatic N) is 3. The summed E-state index contributed by atoms with van der Waals surface area (Å²) < 4.78 is 27.5. The van der Waals surface area contributed by atoms with Crippen LogP contribution in [0.15, 0.2) is 53.4 Å². The second-order valence-electron chi connectivity index (χ2n) is 6.55. The zero-order valence-electron chi connectivity index (χ0n) is 15.3. The van der Waals surface area contributed by atoms with Gasteiger partial charge in [0.05, 0.1) is 5.02 Å². The van der Waals surface area contributed by atoms with E-state index < -0.39 is 10.0 Å². The van der Waals surface area contributed by atoms with Crippen molar-refractivity contribution in [3.05, 3.63) is 59.1 Å². The Morgan fingerprint density at radius 2 is 1.67 bits per heavy atom. The monoisotopic (exact) mass is 407 g/mol. The van der Waals surface area contributed by atoms with Gasteiger partial charge in [0.1, 0.15) is 4.90 Å². The zero-order chi connectivity index (χ0) is 19.6. The summed E-state index contributed by atoms with van der Waals surface area (Å²) in [7, 11) is -0.151. The number of sulfonamides is 1. The minimum atomic E-state index is -3.76. The van der Waals surface area contributed by atoms with Gasteiger partial charge in [-0.2, -0.15) is 4.31 Å². The molecule has 2 aromatic carbocycles. The number of hydrogen-bond acceptors (Lipinski definition) is 4. The Labute approximate surface area is 165 Å². The lowest BCUT2D eigenvalue weighted by Gasteiger charge is -2.31. The minimum absolute atomic E-state index is 0.0268. The van der Waals surface area contributed by atoms with E-state index in [9.17, 15) is 13.2 Å². The Bertz CT molecular complexity index is 926. The minimum Gasteiger partial charge on any atom is -0.311 e. The predicted molar refractivity (Wildman–Crippen MR) is 107 cm³/mol. The van der Waals surface area contributed by atoms with Crippen LogP contribution >= 0.6 is 11.6 Å². The first-order chi connectivity index (χ1) is 12.8. The average Bonchev–Trinajstić information content (AvgIpc) is 2.68.